The average molecular weight is 449 g/mol. The highest BCUT2D eigenvalue weighted by molar-refractivity contribution is 8.15. The second kappa shape index (κ2) is 8.39. The van der Waals surface area contributed by atoms with Crippen LogP contribution in [0, 0.1) is 5.82 Å². The van der Waals surface area contributed by atoms with E-state index in [9.17, 15) is 17.6 Å². The summed E-state index contributed by atoms with van der Waals surface area (Å²) in [7, 11) is -1.54. The topological polar surface area (TPSA) is 76.0 Å². The summed E-state index contributed by atoms with van der Waals surface area (Å²) in [5, 5.41) is 0.380. The van der Waals surface area contributed by atoms with Crippen LogP contribution in [0.5, 0.6) is 5.75 Å². The molecule has 2 aromatic rings. The third-order valence-electron chi connectivity index (χ3n) is 5.18. The molecular formula is C21H21FN2O4S2. The Kier molecular flexibility index (Phi) is 5.84. The van der Waals surface area contributed by atoms with Gasteiger partial charge in [0.1, 0.15) is 11.6 Å². The number of thioether (sulfide) groups is 1. The maximum atomic E-state index is 13.2. The first kappa shape index (κ1) is 20.9. The number of amidine groups is 1. The lowest BCUT2D eigenvalue weighted by Gasteiger charge is -2.24. The lowest BCUT2D eigenvalue weighted by molar-refractivity contribution is -0.117. The van der Waals surface area contributed by atoms with E-state index in [2.05, 4.69) is 4.99 Å². The van der Waals surface area contributed by atoms with Crippen LogP contribution in [0.4, 0.5) is 4.39 Å². The molecule has 4 rings (SSSR count). The van der Waals surface area contributed by atoms with Crippen molar-refractivity contribution in [1.29, 1.82) is 0 Å². The van der Waals surface area contributed by atoms with Gasteiger partial charge in [0.2, 0.25) is 0 Å². The minimum atomic E-state index is -3.12. The minimum absolute atomic E-state index is 0.0392. The van der Waals surface area contributed by atoms with Crippen molar-refractivity contribution in [2.24, 2.45) is 4.99 Å². The standard InChI is InChI=1S/C21H21FN2O4S2/c1-28-17-8-4-14(5-9-17)10-20(25)23-21-24(11-15-2-6-16(22)7-3-15)18-12-30(26,27)13-19(18)29-21/h2-9,18-19H,10-13H2,1H3/t18-,19-/m0/s1. The molecule has 158 valence electrons. The van der Waals surface area contributed by atoms with Gasteiger partial charge in [-0.15, -0.1) is 0 Å². The molecule has 0 aromatic heterocycles. The van der Waals surface area contributed by atoms with E-state index in [-0.39, 0.29) is 40.9 Å². The summed E-state index contributed by atoms with van der Waals surface area (Å²) in [6.07, 6.45) is 0.145. The lowest BCUT2D eigenvalue weighted by Crippen LogP contribution is -2.37. The quantitative estimate of drug-likeness (QED) is 0.700. The van der Waals surface area contributed by atoms with Crippen molar-refractivity contribution < 1.29 is 22.3 Å². The van der Waals surface area contributed by atoms with Crippen molar-refractivity contribution in [3.05, 3.63) is 65.5 Å². The number of hydrogen-bond acceptors (Lipinski definition) is 5. The van der Waals surface area contributed by atoms with Crippen molar-refractivity contribution in [1.82, 2.24) is 4.90 Å². The van der Waals surface area contributed by atoms with Crippen LogP contribution in [0.15, 0.2) is 53.5 Å². The van der Waals surface area contributed by atoms with Gasteiger partial charge >= 0.3 is 0 Å². The monoisotopic (exact) mass is 448 g/mol. The number of aliphatic imine (C=N–C) groups is 1. The van der Waals surface area contributed by atoms with Gasteiger partial charge in [0.15, 0.2) is 15.0 Å². The summed E-state index contributed by atoms with van der Waals surface area (Å²) in [4.78, 5) is 18.8. The Balaban J connectivity index is 1.54. The van der Waals surface area contributed by atoms with E-state index in [1.165, 1.54) is 23.9 Å². The molecule has 0 bridgehead atoms. The Bertz CT molecular complexity index is 1070. The molecule has 0 saturated carbocycles. The first-order chi connectivity index (χ1) is 14.3. The molecule has 30 heavy (non-hydrogen) atoms. The molecule has 2 aliphatic heterocycles. The molecule has 1 amide bonds. The van der Waals surface area contributed by atoms with Crippen LogP contribution < -0.4 is 4.74 Å². The summed E-state index contributed by atoms with van der Waals surface area (Å²) in [5.41, 5.74) is 1.65. The molecule has 0 aliphatic carbocycles. The smallest absolute Gasteiger partial charge is 0.252 e. The van der Waals surface area contributed by atoms with Gasteiger partial charge in [-0.05, 0) is 35.4 Å². The van der Waals surface area contributed by atoms with E-state index in [1.54, 1.807) is 31.4 Å². The van der Waals surface area contributed by atoms with Crippen LogP contribution in [0.2, 0.25) is 0 Å². The number of fused-ring (bicyclic) bond motifs is 1. The minimum Gasteiger partial charge on any atom is -0.497 e. The number of hydrogen-bond donors (Lipinski definition) is 0. The van der Waals surface area contributed by atoms with Gasteiger partial charge in [-0.2, -0.15) is 4.99 Å². The lowest BCUT2D eigenvalue weighted by atomic mass is 10.1. The fourth-order valence-electron chi connectivity index (χ4n) is 3.67. The molecule has 2 heterocycles. The van der Waals surface area contributed by atoms with Gasteiger partial charge in [0.05, 0.1) is 31.1 Å². The Hall–Kier alpha value is -2.39. The summed E-state index contributed by atoms with van der Waals surface area (Å²) >= 11 is 1.34. The Labute approximate surface area is 179 Å². The molecule has 0 spiro atoms. The molecule has 2 atom stereocenters. The summed E-state index contributed by atoms with van der Waals surface area (Å²) in [6.45, 7) is 0.374. The van der Waals surface area contributed by atoms with Crippen LogP contribution in [0.1, 0.15) is 11.1 Å². The number of carbonyl (C=O) groups is 1. The molecule has 2 aromatic carbocycles. The largest absolute Gasteiger partial charge is 0.497 e. The molecule has 0 unspecified atom stereocenters. The van der Waals surface area contributed by atoms with E-state index < -0.39 is 9.84 Å². The maximum Gasteiger partial charge on any atom is 0.252 e. The van der Waals surface area contributed by atoms with Crippen molar-refractivity contribution >= 4 is 32.7 Å². The molecule has 0 N–H and O–H groups in total. The molecule has 2 aliphatic rings. The zero-order valence-corrected chi connectivity index (χ0v) is 18.0. The zero-order valence-electron chi connectivity index (χ0n) is 16.3. The molecular weight excluding hydrogens is 427 g/mol. The summed E-state index contributed by atoms with van der Waals surface area (Å²) < 4.78 is 42.6. The first-order valence-corrected chi connectivity index (χ1v) is 12.2. The van der Waals surface area contributed by atoms with Crippen molar-refractivity contribution in [3.63, 3.8) is 0 Å². The zero-order chi connectivity index (χ0) is 21.3. The highest BCUT2D eigenvalue weighted by atomic mass is 32.2. The molecule has 0 radical (unpaired) electrons. The van der Waals surface area contributed by atoms with Gasteiger partial charge in [-0.3, -0.25) is 4.79 Å². The van der Waals surface area contributed by atoms with E-state index >= 15 is 0 Å². The number of methoxy groups -OCH3 is 1. The average Bonchev–Trinajstić information content (AvgIpc) is 3.16. The van der Waals surface area contributed by atoms with Gasteiger partial charge in [-0.1, -0.05) is 36.0 Å². The predicted octanol–water partition coefficient (Wildman–Crippen LogP) is 2.67. The third kappa shape index (κ3) is 4.67. The van der Waals surface area contributed by atoms with Crippen LogP contribution in [0.3, 0.4) is 0 Å². The van der Waals surface area contributed by atoms with Gasteiger partial charge in [0, 0.05) is 11.8 Å². The highest BCUT2D eigenvalue weighted by Gasteiger charge is 2.48. The van der Waals surface area contributed by atoms with Crippen LogP contribution in [0.25, 0.3) is 0 Å². The number of rotatable bonds is 5. The van der Waals surface area contributed by atoms with E-state index in [0.29, 0.717) is 17.5 Å². The van der Waals surface area contributed by atoms with Crippen LogP contribution in [-0.2, 0) is 27.6 Å². The van der Waals surface area contributed by atoms with E-state index in [0.717, 1.165) is 11.1 Å². The second-order valence-electron chi connectivity index (χ2n) is 7.37. The Morgan fingerprint density at radius 3 is 2.47 bits per heavy atom. The van der Waals surface area contributed by atoms with Crippen molar-refractivity contribution in [2.75, 3.05) is 18.6 Å². The Morgan fingerprint density at radius 1 is 1.13 bits per heavy atom. The van der Waals surface area contributed by atoms with Gasteiger partial charge in [-0.25, -0.2) is 12.8 Å². The van der Waals surface area contributed by atoms with Crippen molar-refractivity contribution in [3.8, 4) is 5.75 Å². The number of sulfone groups is 1. The normalized spacial score (nSPS) is 23.5. The predicted molar refractivity (Wildman–Crippen MR) is 115 cm³/mol. The summed E-state index contributed by atoms with van der Waals surface area (Å²) in [6, 6.07) is 13.0. The number of nitrogens with zero attached hydrogens (tertiary/aromatic N) is 2. The fraction of sp³-hybridized carbons (Fsp3) is 0.333. The fourth-order valence-corrected chi connectivity index (χ4v) is 7.64. The van der Waals surface area contributed by atoms with E-state index in [4.69, 9.17) is 4.74 Å². The molecule has 6 nitrogen and oxygen atoms in total. The highest BCUT2D eigenvalue weighted by Crippen LogP contribution is 2.39. The molecule has 2 fully saturated rings. The number of benzene rings is 2. The molecule has 2 saturated heterocycles. The van der Waals surface area contributed by atoms with Crippen molar-refractivity contribution in [2.45, 2.75) is 24.3 Å². The maximum absolute atomic E-state index is 13.2. The summed E-state index contributed by atoms with van der Waals surface area (Å²) in [5.74, 6) is 0.197. The third-order valence-corrected chi connectivity index (χ3v) is 8.42. The Morgan fingerprint density at radius 2 is 1.80 bits per heavy atom. The number of halogens is 1. The second-order valence-corrected chi connectivity index (χ2v) is 10.7. The molecule has 9 heteroatoms. The number of ether oxygens (including phenoxy) is 1. The number of amides is 1. The van der Waals surface area contributed by atoms with Crippen LogP contribution in [-0.4, -0.2) is 54.3 Å². The number of carbonyl (C=O) groups excluding carboxylic acids is 1. The SMILES string of the molecule is COc1ccc(CC(=O)N=C2S[C@H]3CS(=O)(=O)C[C@@H]3N2Cc2ccc(F)cc2)cc1. The van der Waals surface area contributed by atoms with E-state index in [1.807, 2.05) is 17.0 Å². The van der Waals surface area contributed by atoms with Crippen LogP contribution >= 0.6 is 11.8 Å². The van der Waals surface area contributed by atoms with Gasteiger partial charge in [0.25, 0.3) is 5.91 Å². The van der Waals surface area contributed by atoms with Gasteiger partial charge < -0.3 is 9.64 Å². The first-order valence-electron chi connectivity index (χ1n) is 9.45.